The molecule has 1 aliphatic heterocycles. The second-order valence-electron chi connectivity index (χ2n) is 8.89. The number of pyridine rings is 1. The minimum atomic E-state index is -0.967. The Balaban J connectivity index is 1.45. The van der Waals surface area contributed by atoms with Crippen LogP contribution in [0.3, 0.4) is 0 Å². The minimum absolute atomic E-state index is 0.102. The fraction of sp³-hybridized carbons (Fsp3) is 0.625. The van der Waals surface area contributed by atoms with Gasteiger partial charge in [0.05, 0.1) is 19.3 Å². The molecule has 0 spiro atoms. The molecule has 1 saturated carbocycles. The van der Waals surface area contributed by atoms with Gasteiger partial charge >= 0.3 is 6.09 Å². The molecule has 0 unspecified atom stereocenters. The molecule has 2 aliphatic rings. The van der Waals surface area contributed by atoms with Gasteiger partial charge in [-0.1, -0.05) is 39.0 Å². The van der Waals surface area contributed by atoms with E-state index in [1.54, 1.807) is 30.2 Å². The molecular weight excluding hydrogens is 440 g/mol. The molecule has 1 aliphatic carbocycles. The lowest BCUT2D eigenvalue weighted by molar-refractivity contribution is -0.132. The van der Waals surface area contributed by atoms with E-state index in [4.69, 9.17) is 13.9 Å². The number of nitrogens with one attached hydrogen (secondary N) is 1. The normalized spacial score (nSPS) is 18.9. The number of carbonyl (C=O) groups is 3. The average Bonchev–Trinajstić information content (AvgIpc) is 3.32. The van der Waals surface area contributed by atoms with Crippen LogP contribution in [-0.2, 0) is 14.3 Å². The molecule has 2 aromatic rings. The SMILES string of the molecule is CC[C@H](NC(=O)[C@H](CC1CCCCC1)OC(=O)N1CCOCC1)C(=O)c1nc2ncccc2o1. The van der Waals surface area contributed by atoms with E-state index in [2.05, 4.69) is 15.3 Å². The zero-order chi connectivity index (χ0) is 23.9. The molecule has 0 aromatic carbocycles. The average molecular weight is 473 g/mol. The number of hydrogen-bond donors (Lipinski definition) is 1. The highest BCUT2D eigenvalue weighted by molar-refractivity contribution is 6.00. The Bertz CT molecular complexity index is 963. The van der Waals surface area contributed by atoms with Gasteiger partial charge in [0.25, 0.3) is 11.8 Å². The Labute approximate surface area is 198 Å². The van der Waals surface area contributed by atoms with Gasteiger partial charge in [-0.05, 0) is 30.9 Å². The largest absolute Gasteiger partial charge is 0.436 e. The molecule has 0 radical (unpaired) electrons. The van der Waals surface area contributed by atoms with Crippen molar-refractivity contribution < 1.29 is 28.3 Å². The molecule has 3 heterocycles. The van der Waals surface area contributed by atoms with Gasteiger partial charge in [0.15, 0.2) is 17.3 Å². The van der Waals surface area contributed by atoms with E-state index in [1.165, 1.54) is 6.42 Å². The Morgan fingerprint density at radius 1 is 1.21 bits per heavy atom. The monoisotopic (exact) mass is 472 g/mol. The van der Waals surface area contributed by atoms with Crippen molar-refractivity contribution in [3.05, 3.63) is 24.2 Å². The standard InChI is InChI=1S/C24H32N4O6/c1-2-17(20(29)23-27-21-18(33-23)9-6-10-25-21)26-22(30)19(15-16-7-4-3-5-8-16)34-24(31)28-11-13-32-14-12-28/h6,9-10,16-17,19H,2-5,7-8,11-15H2,1H3,(H,26,30)/t17-,19-/m0/s1. The zero-order valence-electron chi connectivity index (χ0n) is 19.5. The molecule has 10 nitrogen and oxygen atoms in total. The van der Waals surface area contributed by atoms with Crippen LogP contribution in [-0.4, -0.2) is 71.1 Å². The quantitative estimate of drug-likeness (QED) is 0.581. The van der Waals surface area contributed by atoms with Crippen LogP contribution in [0.5, 0.6) is 0 Å². The second kappa shape index (κ2) is 11.4. The van der Waals surface area contributed by atoms with Crippen molar-refractivity contribution in [1.29, 1.82) is 0 Å². The van der Waals surface area contributed by atoms with E-state index in [-0.39, 0.29) is 5.89 Å². The number of rotatable bonds is 8. The van der Waals surface area contributed by atoms with Gasteiger partial charge in [-0.15, -0.1) is 0 Å². The molecule has 2 amide bonds. The van der Waals surface area contributed by atoms with Crippen molar-refractivity contribution in [1.82, 2.24) is 20.2 Å². The smallest absolute Gasteiger partial charge is 0.410 e. The maximum absolute atomic E-state index is 13.3. The number of morpholine rings is 1. The first-order valence-electron chi connectivity index (χ1n) is 12.1. The van der Waals surface area contributed by atoms with E-state index in [0.29, 0.717) is 56.3 Å². The fourth-order valence-electron chi connectivity index (χ4n) is 4.52. The molecule has 2 fully saturated rings. The van der Waals surface area contributed by atoms with Gasteiger partial charge in [-0.3, -0.25) is 9.59 Å². The molecule has 2 aromatic heterocycles. The number of ether oxygens (including phenoxy) is 2. The maximum Gasteiger partial charge on any atom is 0.410 e. The highest BCUT2D eigenvalue weighted by Crippen LogP contribution is 2.28. The second-order valence-corrected chi connectivity index (χ2v) is 8.89. The van der Waals surface area contributed by atoms with Gasteiger partial charge < -0.3 is 24.1 Å². The van der Waals surface area contributed by atoms with Gasteiger partial charge in [-0.25, -0.2) is 9.78 Å². The van der Waals surface area contributed by atoms with Crippen molar-refractivity contribution in [2.45, 2.75) is 64.0 Å². The summed E-state index contributed by atoms with van der Waals surface area (Å²) in [5, 5.41) is 2.78. The third kappa shape index (κ3) is 5.91. The summed E-state index contributed by atoms with van der Waals surface area (Å²) in [4.78, 5) is 48.8. The number of ketones is 1. The van der Waals surface area contributed by atoms with Crippen molar-refractivity contribution in [3.8, 4) is 0 Å². The Morgan fingerprint density at radius 3 is 2.68 bits per heavy atom. The third-order valence-corrected chi connectivity index (χ3v) is 6.49. The van der Waals surface area contributed by atoms with Crippen LogP contribution >= 0.6 is 0 Å². The first kappa shape index (κ1) is 24.1. The summed E-state index contributed by atoms with van der Waals surface area (Å²) in [6.07, 6.45) is 6.27. The highest BCUT2D eigenvalue weighted by atomic mass is 16.6. The first-order valence-corrected chi connectivity index (χ1v) is 12.1. The molecule has 4 rings (SSSR count). The van der Waals surface area contributed by atoms with E-state index in [9.17, 15) is 14.4 Å². The highest BCUT2D eigenvalue weighted by Gasteiger charge is 2.33. The van der Waals surface area contributed by atoms with Crippen LogP contribution < -0.4 is 5.32 Å². The Kier molecular flexibility index (Phi) is 8.10. The number of hydrogen-bond acceptors (Lipinski definition) is 8. The van der Waals surface area contributed by atoms with Crippen molar-refractivity contribution in [3.63, 3.8) is 0 Å². The van der Waals surface area contributed by atoms with Crippen LogP contribution in [0.1, 0.15) is 62.6 Å². The number of amides is 2. The summed E-state index contributed by atoms with van der Waals surface area (Å²) in [7, 11) is 0. The molecule has 1 saturated heterocycles. The molecule has 1 N–H and O–H groups in total. The lowest BCUT2D eigenvalue weighted by Crippen LogP contribution is -2.49. The molecule has 0 bridgehead atoms. The van der Waals surface area contributed by atoms with E-state index in [0.717, 1.165) is 25.7 Å². The van der Waals surface area contributed by atoms with Gasteiger partial charge in [0.2, 0.25) is 5.78 Å². The number of nitrogens with zero attached hydrogens (tertiary/aromatic N) is 3. The van der Waals surface area contributed by atoms with E-state index in [1.807, 2.05) is 0 Å². The number of oxazole rings is 1. The molecule has 184 valence electrons. The summed E-state index contributed by atoms with van der Waals surface area (Å²) >= 11 is 0. The predicted octanol–water partition coefficient (Wildman–Crippen LogP) is 3.11. The van der Waals surface area contributed by atoms with Crippen LogP contribution in [0.4, 0.5) is 4.79 Å². The number of carbonyl (C=O) groups excluding carboxylic acids is 3. The topological polar surface area (TPSA) is 124 Å². The lowest BCUT2D eigenvalue weighted by atomic mass is 9.85. The molecule has 10 heteroatoms. The molecular formula is C24H32N4O6. The summed E-state index contributed by atoms with van der Waals surface area (Å²) in [6.45, 7) is 3.54. The fourth-order valence-corrected chi connectivity index (χ4v) is 4.52. The Hall–Kier alpha value is -3.01. The predicted molar refractivity (Wildman–Crippen MR) is 122 cm³/mol. The number of fused-ring (bicyclic) bond motifs is 1. The number of aromatic nitrogens is 2. The minimum Gasteiger partial charge on any atom is -0.436 e. The van der Waals surface area contributed by atoms with Gasteiger partial charge in [0, 0.05) is 19.3 Å². The number of Topliss-reactive ketones (excluding diaryl/α,β-unsaturated/α-hetero) is 1. The molecule has 2 atom stereocenters. The van der Waals surface area contributed by atoms with Gasteiger partial charge in [-0.2, -0.15) is 4.98 Å². The molecule has 34 heavy (non-hydrogen) atoms. The van der Waals surface area contributed by atoms with Crippen LogP contribution in [0.2, 0.25) is 0 Å². The van der Waals surface area contributed by atoms with Crippen molar-refractivity contribution in [2.24, 2.45) is 5.92 Å². The Morgan fingerprint density at radius 2 is 1.97 bits per heavy atom. The summed E-state index contributed by atoms with van der Waals surface area (Å²) in [5.41, 5.74) is 0.739. The summed E-state index contributed by atoms with van der Waals surface area (Å²) in [5.74, 6) is -0.706. The summed E-state index contributed by atoms with van der Waals surface area (Å²) < 4.78 is 16.5. The lowest BCUT2D eigenvalue weighted by Gasteiger charge is -2.30. The first-order chi connectivity index (χ1) is 16.5. The van der Waals surface area contributed by atoms with Crippen molar-refractivity contribution >= 4 is 29.0 Å². The van der Waals surface area contributed by atoms with Crippen LogP contribution in [0.15, 0.2) is 22.7 Å². The third-order valence-electron chi connectivity index (χ3n) is 6.49. The van der Waals surface area contributed by atoms with Crippen molar-refractivity contribution in [2.75, 3.05) is 26.3 Å². The van der Waals surface area contributed by atoms with Crippen LogP contribution in [0.25, 0.3) is 11.2 Å². The summed E-state index contributed by atoms with van der Waals surface area (Å²) in [6, 6.07) is 2.52. The van der Waals surface area contributed by atoms with E-state index >= 15 is 0 Å². The van der Waals surface area contributed by atoms with Gasteiger partial charge in [0.1, 0.15) is 0 Å². The van der Waals surface area contributed by atoms with E-state index < -0.39 is 29.9 Å². The van der Waals surface area contributed by atoms with Crippen LogP contribution in [0, 0.1) is 5.92 Å². The maximum atomic E-state index is 13.3. The zero-order valence-corrected chi connectivity index (χ0v) is 19.5.